The molecule has 0 atom stereocenters. The highest BCUT2D eigenvalue weighted by atomic mass is 35.5. The summed E-state index contributed by atoms with van der Waals surface area (Å²) in [6.45, 7) is 2.43. The van der Waals surface area contributed by atoms with Crippen LogP contribution in [0.15, 0.2) is 42.5 Å². The molecule has 6 nitrogen and oxygen atoms in total. The molecule has 0 aliphatic rings. The number of rotatable bonds is 4. The molecule has 24 heavy (non-hydrogen) atoms. The Morgan fingerprint density at radius 3 is 2.79 bits per heavy atom. The average Bonchev–Trinajstić information content (AvgIpc) is 2.86. The van der Waals surface area contributed by atoms with Crippen LogP contribution in [0.5, 0.6) is 5.88 Å². The van der Waals surface area contributed by atoms with Gasteiger partial charge in [-0.15, -0.1) is 5.10 Å². The summed E-state index contributed by atoms with van der Waals surface area (Å²) in [5.41, 5.74) is 2.12. The van der Waals surface area contributed by atoms with Gasteiger partial charge in [-0.05, 0) is 37.3 Å². The number of carbonyl (C=O) groups is 1. The molecule has 2 amide bonds. The highest BCUT2D eigenvalue weighted by molar-refractivity contribution is 6.33. The van der Waals surface area contributed by atoms with E-state index in [1.807, 2.05) is 32.2 Å². The Hall–Kier alpha value is -2.73. The van der Waals surface area contributed by atoms with Gasteiger partial charge < -0.3 is 15.4 Å². The van der Waals surface area contributed by atoms with Gasteiger partial charge in [0.15, 0.2) is 0 Å². The van der Waals surface area contributed by atoms with Crippen LogP contribution in [0.2, 0.25) is 5.02 Å². The standard InChI is InChI=1S/C17H17ClN4O2/c1-3-24-16-12-10-11(8-9-15(12)22(2)21-16)19-17(23)20-14-7-5-4-6-13(14)18/h4-10H,3H2,1-2H3,(H2,19,20,23). The number of fused-ring (bicyclic) bond motifs is 1. The third-order valence-electron chi connectivity index (χ3n) is 3.48. The zero-order valence-corrected chi connectivity index (χ0v) is 14.1. The summed E-state index contributed by atoms with van der Waals surface area (Å²) >= 11 is 6.04. The number of nitrogens with one attached hydrogen (secondary N) is 2. The predicted octanol–water partition coefficient (Wildman–Crippen LogP) is 4.27. The van der Waals surface area contributed by atoms with Crippen LogP contribution < -0.4 is 15.4 Å². The Kier molecular flexibility index (Phi) is 4.57. The lowest BCUT2D eigenvalue weighted by Gasteiger charge is -2.09. The first-order chi connectivity index (χ1) is 11.6. The quantitative estimate of drug-likeness (QED) is 0.742. The fourth-order valence-electron chi connectivity index (χ4n) is 2.40. The lowest BCUT2D eigenvalue weighted by Crippen LogP contribution is -2.19. The highest BCUT2D eigenvalue weighted by Gasteiger charge is 2.11. The summed E-state index contributed by atoms with van der Waals surface area (Å²) < 4.78 is 7.28. The largest absolute Gasteiger partial charge is 0.476 e. The molecule has 0 radical (unpaired) electrons. The van der Waals surface area contributed by atoms with E-state index < -0.39 is 0 Å². The normalized spacial score (nSPS) is 10.6. The molecule has 3 aromatic rings. The van der Waals surface area contributed by atoms with E-state index in [9.17, 15) is 4.79 Å². The van der Waals surface area contributed by atoms with Gasteiger partial charge >= 0.3 is 6.03 Å². The number of carbonyl (C=O) groups excluding carboxylic acids is 1. The van der Waals surface area contributed by atoms with Gasteiger partial charge in [-0.2, -0.15) is 0 Å². The monoisotopic (exact) mass is 344 g/mol. The molecule has 1 aromatic heterocycles. The minimum atomic E-state index is -0.371. The summed E-state index contributed by atoms with van der Waals surface area (Å²) in [6, 6.07) is 12.2. The molecule has 2 N–H and O–H groups in total. The van der Waals surface area contributed by atoms with Crippen molar-refractivity contribution in [1.29, 1.82) is 0 Å². The van der Waals surface area contributed by atoms with Gasteiger partial charge in [0.2, 0.25) is 5.88 Å². The molecular weight excluding hydrogens is 328 g/mol. The van der Waals surface area contributed by atoms with Gasteiger partial charge in [-0.1, -0.05) is 23.7 Å². The number of amides is 2. The fourth-order valence-corrected chi connectivity index (χ4v) is 2.58. The Bertz CT molecular complexity index is 891. The first-order valence-electron chi connectivity index (χ1n) is 7.50. The van der Waals surface area contributed by atoms with Crippen molar-refractivity contribution in [2.75, 3.05) is 17.2 Å². The van der Waals surface area contributed by atoms with Gasteiger partial charge in [0, 0.05) is 12.7 Å². The number of urea groups is 1. The van der Waals surface area contributed by atoms with Crippen molar-refractivity contribution in [1.82, 2.24) is 9.78 Å². The van der Waals surface area contributed by atoms with Crippen molar-refractivity contribution < 1.29 is 9.53 Å². The summed E-state index contributed by atoms with van der Waals surface area (Å²) in [5.74, 6) is 0.546. The van der Waals surface area contributed by atoms with Crippen LogP contribution in [0, 0.1) is 0 Å². The number of para-hydroxylation sites is 1. The van der Waals surface area contributed by atoms with Gasteiger partial charge in [0.1, 0.15) is 0 Å². The Morgan fingerprint density at radius 2 is 2.04 bits per heavy atom. The number of hydrogen-bond acceptors (Lipinski definition) is 3. The zero-order chi connectivity index (χ0) is 17.1. The van der Waals surface area contributed by atoms with Crippen molar-refractivity contribution >= 4 is 39.9 Å². The minimum absolute atomic E-state index is 0.371. The molecule has 0 saturated carbocycles. The van der Waals surface area contributed by atoms with Gasteiger partial charge in [-0.25, -0.2) is 4.79 Å². The third-order valence-corrected chi connectivity index (χ3v) is 3.81. The van der Waals surface area contributed by atoms with Crippen molar-refractivity contribution in [3.05, 3.63) is 47.5 Å². The number of ether oxygens (including phenoxy) is 1. The number of aryl methyl sites for hydroxylation is 1. The maximum atomic E-state index is 12.2. The lowest BCUT2D eigenvalue weighted by atomic mass is 10.2. The second kappa shape index (κ2) is 6.80. The Morgan fingerprint density at radius 1 is 1.25 bits per heavy atom. The number of halogens is 1. The van der Waals surface area contributed by atoms with E-state index >= 15 is 0 Å². The van der Waals surface area contributed by atoms with Crippen LogP contribution in [0.25, 0.3) is 10.9 Å². The zero-order valence-electron chi connectivity index (χ0n) is 13.3. The summed E-state index contributed by atoms with van der Waals surface area (Å²) in [4.78, 5) is 12.2. The lowest BCUT2D eigenvalue weighted by molar-refractivity contribution is 0.262. The third kappa shape index (κ3) is 3.28. The highest BCUT2D eigenvalue weighted by Crippen LogP contribution is 2.27. The van der Waals surface area contributed by atoms with Crippen molar-refractivity contribution in [2.45, 2.75) is 6.92 Å². The minimum Gasteiger partial charge on any atom is -0.476 e. The molecule has 7 heteroatoms. The van der Waals surface area contributed by atoms with Crippen LogP contribution >= 0.6 is 11.6 Å². The topological polar surface area (TPSA) is 68.2 Å². The first kappa shape index (κ1) is 16.1. The maximum absolute atomic E-state index is 12.2. The van der Waals surface area contributed by atoms with Crippen LogP contribution in [0.3, 0.4) is 0 Å². The summed E-state index contributed by atoms with van der Waals surface area (Å²) in [7, 11) is 1.85. The van der Waals surface area contributed by atoms with Gasteiger partial charge in [0.05, 0.1) is 28.2 Å². The number of aromatic nitrogens is 2. The molecular formula is C17H17ClN4O2. The number of hydrogen-bond donors (Lipinski definition) is 2. The molecule has 3 rings (SSSR count). The first-order valence-corrected chi connectivity index (χ1v) is 7.88. The van der Waals surface area contributed by atoms with Gasteiger partial charge in [-0.3, -0.25) is 4.68 Å². The van der Waals surface area contributed by atoms with E-state index in [1.165, 1.54) is 0 Å². The van der Waals surface area contributed by atoms with Crippen LogP contribution in [0.4, 0.5) is 16.2 Å². The van der Waals surface area contributed by atoms with E-state index in [0.717, 1.165) is 10.9 Å². The number of nitrogens with zero attached hydrogens (tertiary/aromatic N) is 2. The van der Waals surface area contributed by atoms with Crippen LogP contribution in [-0.4, -0.2) is 22.4 Å². The molecule has 124 valence electrons. The smallest absolute Gasteiger partial charge is 0.323 e. The van der Waals surface area contributed by atoms with E-state index in [0.29, 0.717) is 28.9 Å². The Balaban J connectivity index is 1.81. The van der Waals surface area contributed by atoms with E-state index in [4.69, 9.17) is 16.3 Å². The SMILES string of the molecule is CCOc1nn(C)c2ccc(NC(=O)Nc3ccccc3Cl)cc12. The van der Waals surface area contributed by atoms with Crippen molar-refractivity contribution in [2.24, 2.45) is 7.05 Å². The second-order valence-corrected chi connectivity index (χ2v) is 5.56. The molecule has 1 heterocycles. The van der Waals surface area contributed by atoms with E-state index in [1.54, 1.807) is 28.9 Å². The molecule has 0 aliphatic heterocycles. The van der Waals surface area contributed by atoms with Crippen LogP contribution in [0.1, 0.15) is 6.92 Å². The molecule has 0 bridgehead atoms. The molecule has 0 fully saturated rings. The van der Waals surface area contributed by atoms with E-state index in [2.05, 4.69) is 15.7 Å². The van der Waals surface area contributed by atoms with Crippen LogP contribution in [-0.2, 0) is 7.05 Å². The van der Waals surface area contributed by atoms with Gasteiger partial charge in [0.25, 0.3) is 0 Å². The average molecular weight is 345 g/mol. The van der Waals surface area contributed by atoms with E-state index in [-0.39, 0.29) is 6.03 Å². The molecule has 0 spiro atoms. The summed E-state index contributed by atoms with van der Waals surface area (Å²) in [5, 5.41) is 11.2. The summed E-state index contributed by atoms with van der Waals surface area (Å²) in [6.07, 6.45) is 0. The second-order valence-electron chi connectivity index (χ2n) is 5.15. The Labute approximate surface area is 144 Å². The van der Waals surface area contributed by atoms with Crippen molar-refractivity contribution in [3.8, 4) is 5.88 Å². The maximum Gasteiger partial charge on any atom is 0.323 e. The molecule has 0 aliphatic carbocycles. The fraction of sp³-hybridized carbons (Fsp3) is 0.176. The number of benzene rings is 2. The molecule has 0 saturated heterocycles. The number of anilines is 2. The molecule has 2 aromatic carbocycles. The molecule has 0 unspecified atom stereocenters. The van der Waals surface area contributed by atoms with Crippen molar-refractivity contribution in [3.63, 3.8) is 0 Å². The predicted molar refractivity (Wildman–Crippen MR) is 96.0 cm³/mol.